The fraction of sp³-hybridized carbons (Fsp3) is 0.147. The molecule has 81 heavy (non-hydrogen) atoms. The van der Waals surface area contributed by atoms with Gasteiger partial charge in [-0.25, -0.2) is 0 Å². The monoisotopic (exact) mass is 1090 g/mol. The molecule has 0 unspecified atom stereocenters. The van der Waals surface area contributed by atoms with E-state index in [0.717, 1.165) is 92.6 Å². The molecule has 0 N–H and O–H groups in total. The van der Waals surface area contributed by atoms with E-state index in [1.54, 1.807) is 0 Å². The van der Waals surface area contributed by atoms with Crippen LogP contribution in [0.2, 0.25) is 0 Å². The largest absolute Gasteiger partial charge is 0.759 e. The smallest absolute Gasteiger partial charge is 0.374 e. The average Bonchev–Trinajstić information content (AvgIpc) is 4.32. The van der Waals surface area contributed by atoms with Crippen molar-refractivity contribution in [3.8, 4) is 56.0 Å². The van der Waals surface area contributed by atoms with Crippen LogP contribution in [0.5, 0.6) is 11.5 Å². The Morgan fingerprint density at radius 1 is 0.481 bits per heavy atom. The van der Waals surface area contributed by atoms with Gasteiger partial charge in [0.1, 0.15) is 14.1 Å². The molecule has 10 aromatic rings. The van der Waals surface area contributed by atoms with Gasteiger partial charge in [0.15, 0.2) is 11.5 Å². The zero-order valence-electron chi connectivity index (χ0n) is 46.5. The summed E-state index contributed by atoms with van der Waals surface area (Å²) in [5.41, 5.74) is 20.4. The highest BCUT2D eigenvalue weighted by molar-refractivity contribution is 7.79. The molecule has 2 aliphatic rings. The third-order valence-electron chi connectivity index (χ3n) is 14.7. The molecule has 13 heteroatoms. The van der Waals surface area contributed by atoms with Gasteiger partial charge in [-0.3, -0.25) is 8.42 Å². The van der Waals surface area contributed by atoms with E-state index in [1.807, 2.05) is 24.3 Å². The number of fused-ring (bicyclic) bond motifs is 4. The highest BCUT2D eigenvalue weighted by Gasteiger charge is 2.28. The molecular weight excluding hydrogens is 1030 g/mol. The molecule has 4 heterocycles. The van der Waals surface area contributed by atoms with Crippen LogP contribution < -0.4 is 28.4 Å². The van der Waals surface area contributed by atoms with E-state index in [2.05, 4.69) is 257 Å². The Hall–Kier alpha value is -9.27. The number of anilines is 2. The Balaban J connectivity index is 0.000000168. The van der Waals surface area contributed by atoms with E-state index >= 15 is 0 Å². The lowest BCUT2D eigenvalue weighted by Crippen LogP contribution is -2.30. The molecular formula is C68H62N4O8S. The molecule has 0 fully saturated rings. The van der Waals surface area contributed by atoms with Crippen LogP contribution in [0.4, 0.5) is 11.4 Å². The lowest BCUT2D eigenvalue weighted by molar-refractivity contribution is -0.652. The summed E-state index contributed by atoms with van der Waals surface area (Å²) >= 11 is 0. The molecule has 0 aliphatic carbocycles. The van der Waals surface area contributed by atoms with Gasteiger partial charge >= 0.3 is 11.8 Å². The van der Waals surface area contributed by atoms with Gasteiger partial charge in [0.05, 0.1) is 23.5 Å². The maximum Gasteiger partial charge on any atom is 0.374 e. The predicted octanol–water partition coefficient (Wildman–Crippen LogP) is 14.8. The number of rotatable bonds is 10. The lowest BCUT2D eigenvalue weighted by Gasteiger charge is -2.12. The Bertz CT molecular complexity index is 3920. The summed E-state index contributed by atoms with van der Waals surface area (Å²) in [6, 6.07) is 63.0. The molecule has 408 valence electrons. The SMILES string of the molecule is CCC(=Cc1oc2ccc(-c3ccccc3)c(C)c2[n+]1C)C=C1Oc2ccc(-c3ccccc3)cc2N1C.CCC(=Cc1oc2ccc(-c3ccccc3)c(C)c2[n+]1C)C=C1Oc2ccc(-c3ccccc3)cc2N1C.O=S(=O)([O-])[O-]. The fourth-order valence-electron chi connectivity index (χ4n) is 10.4. The van der Waals surface area contributed by atoms with E-state index in [4.69, 9.17) is 35.8 Å². The van der Waals surface area contributed by atoms with Crippen LogP contribution in [0.1, 0.15) is 49.6 Å². The molecule has 0 saturated heterocycles. The maximum atomic E-state index is 8.52. The number of oxazole rings is 2. The molecule has 0 spiro atoms. The average molecular weight is 1100 g/mol. The van der Waals surface area contributed by atoms with Gasteiger partial charge in [0.25, 0.3) is 11.0 Å². The second-order valence-electron chi connectivity index (χ2n) is 19.8. The van der Waals surface area contributed by atoms with Gasteiger partial charge in [-0.15, -0.1) is 0 Å². The molecule has 12 rings (SSSR count). The summed E-state index contributed by atoms with van der Waals surface area (Å²) in [5, 5.41) is 0. The van der Waals surface area contributed by atoms with Crippen molar-refractivity contribution in [2.24, 2.45) is 14.1 Å². The lowest BCUT2D eigenvalue weighted by atomic mass is 9.99. The molecule has 2 aliphatic heterocycles. The van der Waals surface area contributed by atoms with E-state index in [-0.39, 0.29) is 0 Å². The van der Waals surface area contributed by atoms with Crippen molar-refractivity contribution in [3.05, 3.63) is 240 Å². The Morgan fingerprint density at radius 3 is 1.15 bits per heavy atom. The van der Waals surface area contributed by atoms with Crippen molar-refractivity contribution < 1.29 is 45.0 Å². The van der Waals surface area contributed by atoms with Crippen LogP contribution in [0.15, 0.2) is 226 Å². The van der Waals surface area contributed by atoms with E-state index in [0.29, 0.717) is 0 Å². The number of nitrogens with zero attached hydrogens (tertiary/aromatic N) is 4. The molecule has 0 atom stereocenters. The number of aryl methyl sites for hydroxylation is 4. The summed E-state index contributed by atoms with van der Waals surface area (Å²) < 4.78 is 63.5. The molecule has 2 aromatic heterocycles. The second-order valence-corrected chi connectivity index (χ2v) is 20.7. The molecule has 12 nitrogen and oxygen atoms in total. The van der Waals surface area contributed by atoms with E-state index in [1.165, 1.54) is 55.6 Å². The van der Waals surface area contributed by atoms with Crippen molar-refractivity contribution in [3.63, 3.8) is 0 Å². The zero-order chi connectivity index (χ0) is 57.0. The summed E-state index contributed by atoms with van der Waals surface area (Å²) in [5.74, 6) is 4.97. The summed E-state index contributed by atoms with van der Waals surface area (Å²) in [6.07, 6.45) is 10.1. The van der Waals surface area contributed by atoms with Crippen LogP contribution in [0, 0.1) is 13.8 Å². The summed E-state index contributed by atoms with van der Waals surface area (Å²) in [7, 11) is 3.07. The van der Waals surface area contributed by atoms with Crippen LogP contribution in [-0.4, -0.2) is 31.6 Å². The first-order valence-corrected chi connectivity index (χ1v) is 28.1. The summed E-state index contributed by atoms with van der Waals surface area (Å²) in [4.78, 5) is 4.22. The van der Waals surface area contributed by atoms with Gasteiger partial charge in [0, 0.05) is 47.8 Å². The van der Waals surface area contributed by atoms with Gasteiger partial charge in [0.2, 0.25) is 22.9 Å². The second kappa shape index (κ2) is 23.6. The molecule has 0 saturated carbocycles. The van der Waals surface area contributed by atoms with Crippen LogP contribution in [0.25, 0.3) is 78.9 Å². The van der Waals surface area contributed by atoms with Crippen molar-refractivity contribution >= 4 is 56.1 Å². The number of aromatic nitrogens is 2. The first-order chi connectivity index (χ1) is 39.1. The van der Waals surface area contributed by atoms with Crippen molar-refractivity contribution in [2.75, 3.05) is 23.9 Å². The van der Waals surface area contributed by atoms with Gasteiger partial charge < -0.3 is 37.2 Å². The normalized spacial score (nSPS) is 14.1. The van der Waals surface area contributed by atoms with Crippen LogP contribution in [-0.2, 0) is 24.5 Å². The van der Waals surface area contributed by atoms with E-state index in [9.17, 15) is 0 Å². The minimum Gasteiger partial charge on any atom is -0.759 e. The minimum atomic E-state index is -5.17. The highest BCUT2D eigenvalue weighted by atomic mass is 32.3. The first kappa shape index (κ1) is 55.1. The highest BCUT2D eigenvalue weighted by Crippen LogP contribution is 2.43. The Kier molecular flexibility index (Phi) is 16.0. The standard InChI is InChI=1S/2C34H31N2O2.H2O4S/c2*1-5-24(20-32-35(3)29-22-27(16-18-30(29)37-32)25-12-8-6-9-13-25)21-33-36(4)34-23(2)28(17-19-31(34)38-33)26-14-10-7-11-15-26;1-5(2,3)4/h2*6-22H,5H2,1-4H3;(H2,1,2,3,4)/q2*+1;/p-2. The Morgan fingerprint density at radius 2 is 0.815 bits per heavy atom. The number of ether oxygens (including phenoxy) is 2. The molecule has 0 amide bonds. The third-order valence-corrected chi connectivity index (χ3v) is 14.7. The predicted molar refractivity (Wildman–Crippen MR) is 320 cm³/mol. The van der Waals surface area contributed by atoms with Crippen LogP contribution in [0.3, 0.4) is 0 Å². The quantitative estimate of drug-likeness (QED) is 0.0739. The first-order valence-electron chi connectivity index (χ1n) is 26.7. The van der Waals surface area contributed by atoms with Crippen molar-refractivity contribution in [1.82, 2.24) is 0 Å². The number of hydrogen-bond acceptors (Lipinski definition) is 10. The maximum absolute atomic E-state index is 8.52. The minimum absolute atomic E-state index is 0.805. The molecule has 0 radical (unpaired) electrons. The third kappa shape index (κ3) is 12.0. The topological polar surface area (TPSA) is 139 Å². The Labute approximate surface area is 473 Å². The molecule has 0 bridgehead atoms. The van der Waals surface area contributed by atoms with Gasteiger partial charge in [-0.2, -0.15) is 9.13 Å². The number of allylic oxidation sites excluding steroid dienone is 4. The summed E-state index contributed by atoms with van der Waals surface area (Å²) in [6.45, 7) is 8.64. The molecule has 8 aromatic carbocycles. The zero-order valence-corrected chi connectivity index (χ0v) is 47.3. The number of benzene rings is 8. The number of hydrogen-bond donors (Lipinski definition) is 0. The van der Waals surface area contributed by atoms with Crippen molar-refractivity contribution in [1.29, 1.82) is 0 Å². The van der Waals surface area contributed by atoms with Gasteiger partial charge in [-0.1, -0.05) is 147 Å². The van der Waals surface area contributed by atoms with E-state index < -0.39 is 10.4 Å². The van der Waals surface area contributed by atoms with Gasteiger partial charge in [-0.05, 0) is 131 Å². The van der Waals surface area contributed by atoms with Crippen LogP contribution >= 0.6 is 0 Å². The van der Waals surface area contributed by atoms with Crippen molar-refractivity contribution in [2.45, 2.75) is 40.5 Å². The fourth-order valence-corrected chi connectivity index (χ4v) is 10.4.